The molecule has 29 heavy (non-hydrogen) atoms. The summed E-state index contributed by atoms with van der Waals surface area (Å²) in [6, 6.07) is 16.4. The van der Waals surface area contributed by atoms with Crippen molar-refractivity contribution in [2.45, 2.75) is 24.3 Å². The molecule has 2 heterocycles. The number of benzene rings is 2. The molecule has 0 bridgehead atoms. The maximum absolute atomic E-state index is 12.5. The van der Waals surface area contributed by atoms with E-state index in [-0.39, 0.29) is 16.9 Å². The highest BCUT2D eigenvalue weighted by Gasteiger charge is 2.28. The molecule has 0 unspecified atom stereocenters. The molecule has 2 aromatic carbocycles. The SMILES string of the molecule is C[C@H]1Cc2ccccc2N1C(=S)Nc1ccc(S(=O)(=O)Nc2ncccn2)cc1. The maximum Gasteiger partial charge on any atom is 0.264 e. The van der Waals surface area contributed by atoms with Gasteiger partial charge in [-0.05, 0) is 67.5 Å². The Labute approximate surface area is 174 Å². The molecule has 1 atom stereocenters. The molecule has 0 amide bonds. The highest BCUT2D eigenvalue weighted by molar-refractivity contribution is 7.92. The van der Waals surface area contributed by atoms with Gasteiger partial charge in [0.15, 0.2) is 5.11 Å². The zero-order valence-electron chi connectivity index (χ0n) is 15.6. The minimum atomic E-state index is -3.77. The first-order valence-electron chi connectivity index (χ1n) is 9.02. The normalized spacial score (nSPS) is 15.6. The van der Waals surface area contributed by atoms with Crippen molar-refractivity contribution in [1.29, 1.82) is 0 Å². The van der Waals surface area contributed by atoms with Gasteiger partial charge >= 0.3 is 0 Å². The third-order valence-electron chi connectivity index (χ3n) is 4.63. The van der Waals surface area contributed by atoms with Crippen LogP contribution in [0.25, 0.3) is 0 Å². The van der Waals surface area contributed by atoms with Crippen LogP contribution in [0.5, 0.6) is 0 Å². The van der Waals surface area contributed by atoms with Crippen molar-refractivity contribution in [3.8, 4) is 0 Å². The second kappa shape index (κ2) is 7.76. The third-order valence-corrected chi connectivity index (χ3v) is 6.28. The van der Waals surface area contributed by atoms with Crippen molar-refractivity contribution in [3.05, 3.63) is 72.6 Å². The van der Waals surface area contributed by atoms with Gasteiger partial charge in [0, 0.05) is 29.8 Å². The number of hydrogen-bond acceptors (Lipinski definition) is 5. The lowest BCUT2D eigenvalue weighted by Crippen LogP contribution is -2.38. The molecule has 7 nitrogen and oxygen atoms in total. The van der Waals surface area contributed by atoms with E-state index in [9.17, 15) is 8.42 Å². The van der Waals surface area contributed by atoms with Crippen molar-refractivity contribution in [2.24, 2.45) is 0 Å². The van der Waals surface area contributed by atoms with Gasteiger partial charge in [-0.1, -0.05) is 18.2 Å². The summed E-state index contributed by atoms with van der Waals surface area (Å²) in [6.07, 6.45) is 3.87. The van der Waals surface area contributed by atoms with Crippen LogP contribution in [-0.4, -0.2) is 29.5 Å². The average Bonchev–Trinajstić information content (AvgIpc) is 3.04. The van der Waals surface area contributed by atoms with Crippen LogP contribution in [-0.2, 0) is 16.4 Å². The van der Waals surface area contributed by atoms with Crippen molar-refractivity contribution < 1.29 is 8.42 Å². The molecule has 0 saturated carbocycles. The van der Waals surface area contributed by atoms with Crippen molar-refractivity contribution >= 4 is 44.7 Å². The first kappa shape index (κ1) is 19.3. The molecule has 3 aromatic rings. The zero-order chi connectivity index (χ0) is 20.4. The van der Waals surface area contributed by atoms with Gasteiger partial charge < -0.3 is 10.2 Å². The smallest absolute Gasteiger partial charge is 0.264 e. The van der Waals surface area contributed by atoms with Gasteiger partial charge in [-0.15, -0.1) is 0 Å². The first-order valence-corrected chi connectivity index (χ1v) is 10.9. The highest BCUT2D eigenvalue weighted by Crippen LogP contribution is 2.32. The first-order chi connectivity index (χ1) is 13.9. The van der Waals surface area contributed by atoms with Gasteiger partial charge in [0.25, 0.3) is 10.0 Å². The van der Waals surface area contributed by atoms with E-state index in [1.54, 1.807) is 18.2 Å². The molecule has 148 valence electrons. The van der Waals surface area contributed by atoms with Crippen molar-refractivity contribution in [3.63, 3.8) is 0 Å². The molecule has 9 heteroatoms. The molecule has 0 spiro atoms. The fourth-order valence-electron chi connectivity index (χ4n) is 3.31. The van der Waals surface area contributed by atoms with E-state index in [1.165, 1.54) is 30.1 Å². The Morgan fingerprint density at radius 3 is 2.48 bits per heavy atom. The summed E-state index contributed by atoms with van der Waals surface area (Å²) < 4.78 is 27.3. The predicted molar refractivity (Wildman–Crippen MR) is 118 cm³/mol. The van der Waals surface area contributed by atoms with Crippen LogP contribution in [0.3, 0.4) is 0 Å². The number of thiocarbonyl (C=S) groups is 1. The number of nitrogens with one attached hydrogen (secondary N) is 2. The minimum absolute atomic E-state index is 0.0255. The monoisotopic (exact) mass is 425 g/mol. The zero-order valence-corrected chi connectivity index (χ0v) is 17.2. The van der Waals surface area contributed by atoms with Gasteiger partial charge in [-0.3, -0.25) is 0 Å². The molecule has 4 rings (SSSR count). The molecule has 1 aliphatic rings. The summed E-state index contributed by atoms with van der Waals surface area (Å²) in [5.41, 5.74) is 3.07. The van der Waals surface area contributed by atoms with E-state index in [2.05, 4.69) is 44.0 Å². The Balaban J connectivity index is 1.48. The summed E-state index contributed by atoms with van der Waals surface area (Å²) in [6.45, 7) is 2.13. The molecule has 1 aromatic heterocycles. The van der Waals surface area contributed by atoms with Crippen LogP contribution in [0.4, 0.5) is 17.3 Å². The van der Waals surface area contributed by atoms with Gasteiger partial charge in [0.1, 0.15) is 0 Å². The third kappa shape index (κ3) is 4.06. The van der Waals surface area contributed by atoms with E-state index < -0.39 is 10.0 Å². The van der Waals surface area contributed by atoms with Crippen LogP contribution < -0.4 is 14.9 Å². The molecule has 0 saturated heterocycles. The molecular formula is C20H19N5O2S2. The van der Waals surface area contributed by atoms with Crippen LogP contribution in [0, 0.1) is 0 Å². The molecule has 0 fully saturated rings. The molecular weight excluding hydrogens is 406 g/mol. The molecule has 0 aliphatic carbocycles. The largest absolute Gasteiger partial charge is 0.332 e. The number of sulfonamides is 1. The van der Waals surface area contributed by atoms with Crippen LogP contribution in [0.15, 0.2) is 71.9 Å². The quantitative estimate of drug-likeness (QED) is 0.619. The standard InChI is InChI=1S/C20H19N5O2S2/c1-14-13-15-5-2-3-6-18(15)25(14)20(28)23-16-7-9-17(10-8-16)29(26,27)24-19-21-11-4-12-22-19/h2-12,14H,13H2,1H3,(H,23,28)(H,21,22,24)/t14-/m0/s1. The van der Waals surface area contributed by atoms with E-state index in [1.807, 2.05) is 12.1 Å². The Morgan fingerprint density at radius 2 is 1.76 bits per heavy atom. The van der Waals surface area contributed by atoms with E-state index in [0.29, 0.717) is 10.8 Å². The lowest BCUT2D eigenvalue weighted by atomic mass is 10.1. The number of hydrogen-bond donors (Lipinski definition) is 2. The average molecular weight is 426 g/mol. The lowest BCUT2D eigenvalue weighted by Gasteiger charge is -2.26. The highest BCUT2D eigenvalue weighted by atomic mass is 32.2. The fraction of sp³-hybridized carbons (Fsp3) is 0.150. The van der Waals surface area contributed by atoms with E-state index in [4.69, 9.17) is 12.2 Å². The summed E-state index contributed by atoms with van der Waals surface area (Å²) >= 11 is 5.61. The van der Waals surface area contributed by atoms with Gasteiger partial charge in [0.05, 0.1) is 4.90 Å². The molecule has 1 aliphatic heterocycles. The number of nitrogens with zero attached hydrogens (tertiary/aromatic N) is 3. The Hall–Kier alpha value is -3.04. The van der Waals surface area contributed by atoms with Crippen LogP contribution >= 0.6 is 12.2 Å². The van der Waals surface area contributed by atoms with Crippen molar-refractivity contribution in [1.82, 2.24) is 9.97 Å². The minimum Gasteiger partial charge on any atom is -0.332 e. The predicted octanol–water partition coefficient (Wildman–Crippen LogP) is 3.43. The van der Waals surface area contributed by atoms with Crippen LogP contribution in [0.2, 0.25) is 0 Å². The van der Waals surface area contributed by atoms with Crippen molar-refractivity contribution in [2.75, 3.05) is 14.9 Å². The number of anilines is 3. The number of fused-ring (bicyclic) bond motifs is 1. The summed E-state index contributed by atoms with van der Waals surface area (Å²) in [5.74, 6) is 0.0255. The van der Waals surface area contributed by atoms with Gasteiger partial charge in [0.2, 0.25) is 5.95 Å². The van der Waals surface area contributed by atoms with E-state index in [0.717, 1.165) is 12.1 Å². The number of rotatable bonds is 4. The van der Waals surface area contributed by atoms with Gasteiger partial charge in [-0.25, -0.2) is 23.1 Å². The summed E-state index contributed by atoms with van der Waals surface area (Å²) in [4.78, 5) is 9.96. The van der Waals surface area contributed by atoms with E-state index >= 15 is 0 Å². The molecule has 0 radical (unpaired) electrons. The maximum atomic E-state index is 12.5. The number of para-hydroxylation sites is 1. The Morgan fingerprint density at radius 1 is 1.07 bits per heavy atom. The fourth-order valence-corrected chi connectivity index (χ4v) is 4.66. The van der Waals surface area contributed by atoms with Gasteiger partial charge in [-0.2, -0.15) is 0 Å². The Bertz CT molecular complexity index is 1140. The lowest BCUT2D eigenvalue weighted by molar-refractivity contribution is 0.601. The van der Waals surface area contributed by atoms with Crippen LogP contribution in [0.1, 0.15) is 12.5 Å². The Kier molecular flexibility index (Phi) is 5.16. The second-order valence-electron chi connectivity index (χ2n) is 6.68. The number of aromatic nitrogens is 2. The summed E-state index contributed by atoms with van der Waals surface area (Å²) in [5, 5.41) is 3.78. The summed E-state index contributed by atoms with van der Waals surface area (Å²) in [7, 11) is -3.77. The topological polar surface area (TPSA) is 87.2 Å². The molecule has 2 N–H and O–H groups in total. The second-order valence-corrected chi connectivity index (χ2v) is 8.75.